The van der Waals surface area contributed by atoms with E-state index in [-0.39, 0.29) is 17.0 Å². The van der Waals surface area contributed by atoms with Crippen LogP contribution in [0.1, 0.15) is 48.0 Å². The van der Waals surface area contributed by atoms with Crippen molar-refractivity contribution in [2.45, 2.75) is 33.2 Å². The van der Waals surface area contributed by atoms with E-state index in [2.05, 4.69) is 27.9 Å². The van der Waals surface area contributed by atoms with E-state index in [1.807, 2.05) is 45.0 Å². The van der Waals surface area contributed by atoms with E-state index in [4.69, 9.17) is 27.7 Å². The minimum absolute atomic E-state index is 0.110. The molecule has 7 nitrogen and oxygen atoms in total. The number of carbonyl (C=O) groups is 2. The lowest BCUT2D eigenvalue weighted by atomic mass is 9.92. The molecule has 0 saturated heterocycles. The molecule has 3 rings (SSSR count). The van der Waals surface area contributed by atoms with Crippen LogP contribution in [0, 0.1) is 6.92 Å². The molecule has 0 atom stereocenters. The second-order valence-electron chi connectivity index (χ2n) is 8.08. The highest BCUT2D eigenvalue weighted by Crippen LogP contribution is 2.36. The van der Waals surface area contributed by atoms with Crippen LogP contribution in [0.4, 0.5) is 4.79 Å². The summed E-state index contributed by atoms with van der Waals surface area (Å²) < 4.78 is 5.19. The van der Waals surface area contributed by atoms with Gasteiger partial charge in [-0.05, 0) is 57.0 Å². The second kappa shape index (κ2) is 9.68. The highest BCUT2D eigenvalue weighted by molar-refractivity contribution is 6.39. The third kappa shape index (κ3) is 5.38. The summed E-state index contributed by atoms with van der Waals surface area (Å²) in [6.07, 6.45) is 0. The topological polar surface area (TPSA) is 96.3 Å². The Hall–Kier alpha value is -3.29. The molecule has 3 aromatic rings. The lowest BCUT2D eigenvalue weighted by Gasteiger charge is -2.27. The Morgan fingerprint density at radius 1 is 1.06 bits per heavy atom. The third-order valence-corrected chi connectivity index (χ3v) is 5.71. The Morgan fingerprint density at radius 3 is 2.33 bits per heavy atom. The summed E-state index contributed by atoms with van der Waals surface area (Å²) in [5.74, 6) is -0.380. The van der Waals surface area contributed by atoms with Gasteiger partial charge in [-0.25, -0.2) is 10.2 Å². The smallest absolute Gasteiger partial charge is 0.334 e. The molecule has 0 aliphatic carbocycles. The van der Waals surface area contributed by atoms with Crippen LogP contribution in [-0.4, -0.2) is 17.1 Å². The molecule has 1 aromatic heterocycles. The predicted octanol–water partition coefficient (Wildman–Crippen LogP) is 5.87. The summed E-state index contributed by atoms with van der Waals surface area (Å²) in [5.41, 5.74) is 7.46. The van der Waals surface area contributed by atoms with Gasteiger partial charge in [0.05, 0.1) is 15.6 Å². The molecular formula is C24H24Cl2N4O3. The van der Waals surface area contributed by atoms with E-state index in [1.165, 1.54) is 0 Å². The summed E-state index contributed by atoms with van der Waals surface area (Å²) in [6, 6.07) is 12.1. The Balaban J connectivity index is 1.73. The van der Waals surface area contributed by atoms with Gasteiger partial charge in [0, 0.05) is 5.56 Å². The highest BCUT2D eigenvalue weighted by atomic mass is 35.5. The number of rotatable bonds is 5. The van der Waals surface area contributed by atoms with Crippen LogP contribution in [0.2, 0.25) is 10.0 Å². The molecule has 0 bridgehead atoms. The van der Waals surface area contributed by atoms with Crippen LogP contribution in [0.25, 0.3) is 16.8 Å². The molecular weight excluding hydrogens is 463 g/mol. The van der Waals surface area contributed by atoms with Gasteiger partial charge in [0.1, 0.15) is 17.0 Å². The van der Waals surface area contributed by atoms with Crippen molar-refractivity contribution in [3.8, 4) is 11.3 Å². The van der Waals surface area contributed by atoms with E-state index in [1.54, 1.807) is 25.1 Å². The number of halogens is 2. The number of benzene rings is 2. The first-order valence-corrected chi connectivity index (χ1v) is 10.8. The largest absolute Gasteiger partial charge is 0.360 e. The maximum Gasteiger partial charge on any atom is 0.334 e. The van der Waals surface area contributed by atoms with E-state index < -0.39 is 17.5 Å². The van der Waals surface area contributed by atoms with Gasteiger partial charge in [0.2, 0.25) is 0 Å². The van der Waals surface area contributed by atoms with Gasteiger partial charge < -0.3 is 9.84 Å². The lowest BCUT2D eigenvalue weighted by molar-refractivity contribution is 0.0934. The van der Waals surface area contributed by atoms with Crippen LogP contribution in [0.5, 0.6) is 0 Å². The van der Waals surface area contributed by atoms with Crippen molar-refractivity contribution in [3.63, 3.8) is 0 Å². The van der Waals surface area contributed by atoms with Crippen LogP contribution in [0.3, 0.4) is 0 Å². The summed E-state index contributed by atoms with van der Waals surface area (Å²) in [4.78, 5) is 25.4. The number of hydrogen-bond acceptors (Lipinski definition) is 4. The number of aryl methyl sites for hydroxylation is 1. The Morgan fingerprint density at radius 2 is 1.70 bits per heavy atom. The van der Waals surface area contributed by atoms with Gasteiger partial charge >= 0.3 is 6.03 Å². The number of amides is 3. The zero-order valence-corrected chi connectivity index (χ0v) is 20.2. The molecule has 0 spiro atoms. The van der Waals surface area contributed by atoms with Gasteiger partial charge in [0.25, 0.3) is 5.91 Å². The van der Waals surface area contributed by atoms with E-state index >= 15 is 0 Å². The maximum absolute atomic E-state index is 12.9. The maximum atomic E-state index is 12.9. The quantitative estimate of drug-likeness (QED) is 0.392. The summed E-state index contributed by atoms with van der Waals surface area (Å²) >= 11 is 12.5. The fourth-order valence-electron chi connectivity index (χ4n) is 3.27. The SMILES string of the molecule is C=C(C)c1cccc(C(C)(C)NC(=O)NNC(=O)c2c(-c3c(Cl)cccc3Cl)noc2C)c1. The molecule has 172 valence electrons. The van der Waals surface area contributed by atoms with Gasteiger partial charge in [-0.15, -0.1) is 0 Å². The van der Waals surface area contributed by atoms with E-state index in [0.717, 1.165) is 16.7 Å². The second-order valence-corrected chi connectivity index (χ2v) is 8.89. The molecule has 1 heterocycles. The molecule has 3 N–H and O–H groups in total. The number of carbonyl (C=O) groups excluding carboxylic acids is 2. The molecule has 2 aromatic carbocycles. The number of hydrazine groups is 1. The summed E-state index contributed by atoms with van der Waals surface area (Å²) in [7, 11) is 0. The van der Waals surface area contributed by atoms with Crippen LogP contribution >= 0.6 is 23.2 Å². The van der Waals surface area contributed by atoms with Crippen molar-refractivity contribution < 1.29 is 14.1 Å². The monoisotopic (exact) mass is 486 g/mol. The molecule has 0 saturated carbocycles. The fourth-order valence-corrected chi connectivity index (χ4v) is 3.85. The number of urea groups is 1. The number of allylic oxidation sites excluding steroid dienone is 1. The molecule has 0 radical (unpaired) electrons. The molecule has 3 amide bonds. The van der Waals surface area contributed by atoms with Crippen LogP contribution in [0.15, 0.2) is 53.6 Å². The number of nitrogens with zero attached hydrogens (tertiary/aromatic N) is 1. The van der Waals surface area contributed by atoms with Crippen molar-refractivity contribution in [3.05, 3.63) is 81.5 Å². The molecule has 33 heavy (non-hydrogen) atoms. The zero-order chi connectivity index (χ0) is 24.3. The van der Waals surface area contributed by atoms with Crippen molar-refractivity contribution in [2.75, 3.05) is 0 Å². The number of aromatic nitrogens is 1. The first kappa shape index (κ1) is 24.4. The lowest BCUT2D eigenvalue weighted by Crippen LogP contribution is -2.52. The van der Waals surface area contributed by atoms with Crippen LogP contribution < -0.4 is 16.2 Å². The highest BCUT2D eigenvalue weighted by Gasteiger charge is 2.27. The average Bonchev–Trinajstić information content (AvgIpc) is 3.12. The first-order valence-electron chi connectivity index (χ1n) is 10.1. The Labute approximate surface area is 202 Å². The standard InChI is InChI=1S/C24H24Cl2N4O3/c1-13(2)15-8-6-9-16(12-15)24(4,5)27-23(32)29-28-22(31)19-14(3)33-30-21(19)20-17(25)10-7-11-18(20)26/h6-12H,1H2,2-5H3,(H,28,31)(H2,27,29,32). The normalized spacial score (nSPS) is 11.1. The van der Waals surface area contributed by atoms with Crippen molar-refractivity contribution in [2.24, 2.45) is 0 Å². The first-order chi connectivity index (χ1) is 15.5. The molecule has 0 aliphatic rings. The van der Waals surface area contributed by atoms with E-state index in [0.29, 0.717) is 15.6 Å². The number of hydrogen-bond donors (Lipinski definition) is 3. The molecule has 0 unspecified atom stereocenters. The van der Waals surface area contributed by atoms with Gasteiger partial charge in [-0.3, -0.25) is 10.2 Å². The molecule has 0 aliphatic heterocycles. The van der Waals surface area contributed by atoms with E-state index in [9.17, 15) is 9.59 Å². The minimum atomic E-state index is -0.719. The van der Waals surface area contributed by atoms with Crippen molar-refractivity contribution >= 4 is 40.7 Å². The zero-order valence-electron chi connectivity index (χ0n) is 18.7. The summed E-state index contributed by atoms with van der Waals surface area (Å²) in [5, 5.41) is 7.41. The van der Waals surface area contributed by atoms with Crippen LogP contribution in [-0.2, 0) is 5.54 Å². The molecule has 0 fully saturated rings. The van der Waals surface area contributed by atoms with Crippen molar-refractivity contribution in [1.82, 2.24) is 21.3 Å². The fraction of sp³-hybridized carbons (Fsp3) is 0.208. The minimum Gasteiger partial charge on any atom is -0.360 e. The summed E-state index contributed by atoms with van der Waals surface area (Å²) in [6.45, 7) is 11.2. The third-order valence-electron chi connectivity index (χ3n) is 5.08. The predicted molar refractivity (Wildman–Crippen MR) is 130 cm³/mol. The van der Waals surface area contributed by atoms with Gasteiger partial charge in [0.15, 0.2) is 0 Å². The Bertz CT molecular complexity index is 1210. The van der Waals surface area contributed by atoms with Crippen molar-refractivity contribution in [1.29, 1.82) is 0 Å². The average molecular weight is 487 g/mol. The number of nitrogens with one attached hydrogen (secondary N) is 3. The van der Waals surface area contributed by atoms with Gasteiger partial charge in [-0.1, -0.05) is 64.8 Å². The Kier molecular flexibility index (Phi) is 7.15. The molecule has 9 heteroatoms. The van der Waals surface area contributed by atoms with Gasteiger partial charge in [-0.2, -0.15) is 0 Å².